The molecule has 0 saturated carbocycles. The summed E-state index contributed by atoms with van der Waals surface area (Å²) in [4.78, 5) is 15.4. The number of rotatable bonds is 5. The molecule has 1 atom stereocenters. The Morgan fingerprint density at radius 2 is 1.88 bits per heavy atom. The highest BCUT2D eigenvalue weighted by atomic mass is 32.2. The van der Waals surface area contributed by atoms with Crippen LogP contribution in [0.3, 0.4) is 0 Å². The zero-order valence-electron chi connectivity index (χ0n) is 20.0. The average Bonchev–Trinajstić information content (AvgIpc) is 3.22. The highest BCUT2D eigenvalue weighted by Crippen LogP contribution is 2.42. The van der Waals surface area contributed by atoms with E-state index in [0.29, 0.717) is 51.5 Å². The van der Waals surface area contributed by atoms with E-state index in [0.717, 1.165) is 40.2 Å². The molecule has 2 aliphatic heterocycles. The van der Waals surface area contributed by atoms with Crippen LogP contribution in [0.25, 0.3) is 22.4 Å². The van der Waals surface area contributed by atoms with E-state index in [4.69, 9.17) is 19.4 Å². The molecule has 0 radical (unpaired) electrons. The smallest absolute Gasteiger partial charge is 0.157 e. The highest BCUT2D eigenvalue weighted by molar-refractivity contribution is 7.91. The van der Waals surface area contributed by atoms with Gasteiger partial charge in [0.15, 0.2) is 9.84 Å². The summed E-state index contributed by atoms with van der Waals surface area (Å²) < 4.78 is 36.7. The molecule has 8 nitrogen and oxygen atoms in total. The van der Waals surface area contributed by atoms with E-state index in [1.165, 1.54) is 6.26 Å². The number of morpholine rings is 1. The van der Waals surface area contributed by atoms with Crippen molar-refractivity contribution in [3.63, 3.8) is 0 Å². The summed E-state index contributed by atoms with van der Waals surface area (Å²) in [6.45, 7) is 6.95. The molecule has 3 aromatic rings. The summed E-state index contributed by atoms with van der Waals surface area (Å²) in [5.41, 5.74) is 5.06. The third-order valence-corrected chi connectivity index (χ3v) is 9.28. The van der Waals surface area contributed by atoms with Crippen molar-refractivity contribution < 1.29 is 17.9 Å². The van der Waals surface area contributed by atoms with Gasteiger partial charge < -0.3 is 19.4 Å². The van der Waals surface area contributed by atoms with Gasteiger partial charge in [0.05, 0.1) is 41.7 Å². The second kappa shape index (κ2) is 8.94. The molecule has 0 aromatic carbocycles. The van der Waals surface area contributed by atoms with Crippen LogP contribution >= 0.6 is 0 Å². The first-order chi connectivity index (χ1) is 16.3. The van der Waals surface area contributed by atoms with E-state index >= 15 is 0 Å². The Morgan fingerprint density at radius 1 is 1.09 bits per heavy atom. The van der Waals surface area contributed by atoms with E-state index in [1.54, 1.807) is 0 Å². The fourth-order valence-corrected chi connectivity index (χ4v) is 6.67. The highest BCUT2D eigenvalue weighted by Gasteiger charge is 2.44. The number of nitrogens with zero attached hydrogens (tertiary/aromatic N) is 3. The molecular formula is C25H32N4O4S. The van der Waals surface area contributed by atoms with Crippen LogP contribution in [-0.4, -0.2) is 68.6 Å². The van der Waals surface area contributed by atoms with Crippen LogP contribution in [0.5, 0.6) is 0 Å². The molecule has 182 valence electrons. The van der Waals surface area contributed by atoms with Crippen LogP contribution in [0.1, 0.15) is 37.4 Å². The number of fused-ring (bicyclic) bond motifs is 1. The molecule has 2 fully saturated rings. The number of aromatic amines is 1. The Balaban J connectivity index is 1.70. The van der Waals surface area contributed by atoms with Crippen molar-refractivity contribution in [2.75, 3.05) is 44.1 Å². The molecule has 0 unspecified atom stereocenters. The number of hydrogen-bond acceptors (Lipinski definition) is 7. The van der Waals surface area contributed by atoms with Gasteiger partial charge in [0.1, 0.15) is 10.6 Å². The largest absolute Gasteiger partial charge is 0.381 e. The first-order valence-corrected chi connectivity index (χ1v) is 13.8. The van der Waals surface area contributed by atoms with Crippen LogP contribution in [0, 0.1) is 6.92 Å². The van der Waals surface area contributed by atoms with Crippen LogP contribution < -0.4 is 4.90 Å². The zero-order chi connectivity index (χ0) is 23.9. The maximum Gasteiger partial charge on any atom is 0.157 e. The number of anilines is 1. The SMILES string of the molecule is CC[C@H]1COCCN1c1cc(C2(S(C)(=O)=O)CCOCC2)cc(-c2ccc3[nH]c(C)cc3n2)n1. The van der Waals surface area contributed by atoms with Crippen LogP contribution in [0.15, 0.2) is 30.3 Å². The number of ether oxygens (including phenoxy) is 2. The molecule has 3 aromatic heterocycles. The monoisotopic (exact) mass is 484 g/mol. The van der Waals surface area contributed by atoms with Gasteiger partial charge in [-0.2, -0.15) is 0 Å². The fourth-order valence-electron chi connectivity index (χ4n) is 5.21. The Hall–Kier alpha value is -2.49. The minimum absolute atomic E-state index is 0.191. The van der Waals surface area contributed by atoms with Crippen molar-refractivity contribution in [2.24, 2.45) is 0 Å². The second-order valence-corrected chi connectivity index (χ2v) is 11.7. The number of nitrogens with one attached hydrogen (secondary N) is 1. The van der Waals surface area contributed by atoms with Crippen molar-refractivity contribution in [3.8, 4) is 11.4 Å². The van der Waals surface area contributed by atoms with Crippen LogP contribution in [-0.2, 0) is 24.1 Å². The van der Waals surface area contributed by atoms with E-state index in [9.17, 15) is 8.42 Å². The molecule has 9 heteroatoms. The molecule has 0 aliphatic carbocycles. The van der Waals surface area contributed by atoms with Gasteiger partial charge in [-0.05, 0) is 62.1 Å². The molecule has 1 N–H and O–H groups in total. The van der Waals surface area contributed by atoms with Crippen LogP contribution in [0.2, 0.25) is 0 Å². The van der Waals surface area contributed by atoms with Crippen molar-refractivity contribution in [3.05, 3.63) is 41.6 Å². The van der Waals surface area contributed by atoms with Gasteiger partial charge in [-0.15, -0.1) is 0 Å². The first-order valence-electron chi connectivity index (χ1n) is 11.9. The Morgan fingerprint density at radius 3 is 2.62 bits per heavy atom. The number of aromatic nitrogens is 3. The van der Waals surface area contributed by atoms with Gasteiger partial charge in [-0.25, -0.2) is 18.4 Å². The third-order valence-electron chi connectivity index (χ3n) is 7.21. The predicted octanol–water partition coefficient (Wildman–Crippen LogP) is 3.60. The van der Waals surface area contributed by atoms with Gasteiger partial charge in [0, 0.05) is 31.7 Å². The molecule has 0 amide bonds. The van der Waals surface area contributed by atoms with E-state index in [-0.39, 0.29) is 6.04 Å². The summed E-state index contributed by atoms with van der Waals surface area (Å²) in [7, 11) is -3.41. The van der Waals surface area contributed by atoms with E-state index in [2.05, 4.69) is 16.8 Å². The normalized spacial score (nSPS) is 21.1. The predicted molar refractivity (Wildman–Crippen MR) is 133 cm³/mol. The standard InChI is InChI=1S/C25H32N4O4S/c1-4-19-16-33-12-9-29(19)24-15-18(25(34(3,30)31)7-10-32-11-8-25)14-23(28-24)21-6-5-20-22(27-21)13-17(2)26-20/h5-6,13-15,19,26H,4,7-12,16H2,1-3H3/t19-/m0/s1. The summed E-state index contributed by atoms with van der Waals surface area (Å²) in [5, 5.41) is 0. The first kappa shape index (κ1) is 23.3. The van der Waals surface area contributed by atoms with Crippen molar-refractivity contribution >= 4 is 26.7 Å². The topological polar surface area (TPSA) is 97.4 Å². The Bertz CT molecular complexity index is 1300. The Kier molecular flexibility index (Phi) is 6.12. The van der Waals surface area contributed by atoms with Crippen LogP contribution in [0.4, 0.5) is 5.82 Å². The lowest BCUT2D eigenvalue weighted by Gasteiger charge is -2.39. The molecule has 2 aliphatic rings. The molecule has 5 heterocycles. The number of H-pyrrole nitrogens is 1. The summed E-state index contributed by atoms with van der Waals surface area (Å²) in [5.74, 6) is 0.782. The number of hydrogen-bond donors (Lipinski definition) is 1. The molecule has 5 rings (SSSR count). The van der Waals surface area contributed by atoms with Gasteiger partial charge in [0.25, 0.3) is 0 Å². The van der Waals surface area contributed by atoms with Gasteiger partial charge in [0.2, 0.25) is 0 Å². The van der Waals surface area contributed by atoms with E-state index < -0.39 is 14.6 Å². The van der Waals surface area contributed by atoms with Gasteiger partial charge in [-0.3, -0.25) is 0 Å². The summed E-state index contributed by atoms with van der Waals surface area (Å²) in [6, 6.07) is 10.0. The fraction of sp³-hybridized carbons (Fsp3) is 0.520. The van der Waals surface area contributed by atoms with Gasteiger partial charge >= 0.3 is 0 Å². The minimum atomic E-state index is -3.41. The van der Waals surface area contributed by atoms with Gasteiger partial charge in [-0.1, -0.05) is 6.92 Å². The lowest BCUT2D eigenvalue weighted by molar-refractivity contribution is 0.0741. The minimum Gasteiger partial charge on any atom is -0.381 e. The van der Waals surface area contributed by atoms with Crippen molar-refractivity contribution in [1.29, 1.82) is 0 Å². The summed E-state index contributed by atoms with van der Waals surface area (Å²) >= 11 is 0. The average molecular weight is 485 g/mol. The van der Waals surface area contributed by atoms with Crippen molar-refractivity contribution in [2.45, 2.75) is 43.9 Å². The molecular weight excluding hydrogens is 452 g/mol. The number of pyridine rings is 2. The molecule has 34 heavy (non-hydrogen) atoms. The number of sulfone groups is 1. The van der Waals surface area contributed by atoms with Crippen molar-refractivity contribution in [1.82, 2.24) is 15.0 Å². The molecule has 2 saturated heterocycles. The second-order valence-electron chi connectivity index (χ2n) is 9.39. The number of aryl methyl sites for hydroxylation is 1. The Labute approximate surface area is 200 Å². The quantitative estimate of drug-likeness (QED) is 0.591. The maximum atomic E-state index is 13.2. The third kappa shape index (κ3) is 4.10. The molecule has 0 spiro atoms. The zero-order valence-corrected chi connectivity index (χ0v) is 20.8. The lowest BCUT2D eigenvalue weighted by Crippen LogP contribution is -2.46. The lowest BCUT2D eigenvalue weighted by atomic mass is 9.90. The maximum absolute atomic E-state index is 13.2. The van der Waals surface area contributed by atoms with E-state index in [1.807, 2.05) is 37.3 Å². The summed E-state index contributed by atoms with van der Waals surface area (Å²) in [6.07, 6.45) is 3.12. The molecule has 0 bridgehead atoms.